The second-order valence-electron chi connectivity index (χ2n) is 12.2. The Labute approximate surface area is 282 Å². The maximum atomic E-state index is 5.02. The van der Waals surface area contributed by atoms with Crippen molar-refractivity contribution in [3.63, 3.8) is 0 Å². The van der Waals surface area contributed by atoms with Crippen molar-refractivity contribution in [1.29, 1.82) is 0 Å². The zero-order chi connectivity index (χ0) is 31.3. The molecule has 0 fully saturated rings. The molecule has 0 bridgehead atoms. The first-order valence-corrected chi connectivity index (χ1v) is 17.6. The molecule has 6 aromatic carbocycles. The van der Waals surface area contributed by atoms with Crippen LogP contribution >= 0.6 is 22.7 Å². The molecule has 0 spiro atoms. The summed E-state index contributed by atoms with van der Waals surface area (Å²) < 4.78 is 8.52. The van der Waals surface area contributed by atoms with Gasteiger partial charge >= 0.3 is 0 Å². The minimum absolute atomic E-state index is 1.02. The quantitative estimate of drug-likeness (QED) is 0.191. The summed E-state index contributed by atoms with van der Waals surface area (Å²) in [6.45, 7) is 0. The molecule has 0 atom stereocenters. The van der Waals surface area contributed by atoms with E-state index in [-0.39, 0.29) is 0 Å². The Morgan fingerprint density at radius 3 is 2.10 bits per heavy atom. The molecular weight excluding hydrogens is 625 g/mol. The van der Waals surface area contributed by atoms with E-state index in [4.69, 9.17) is 9.97 Å². The molecular formula is C42H24N4S2. The van der Waals surface area contributed by atoms with Gasteiger partial charge in [0, 0.05) is 43.6 Å². The van der Waals surface area contributed by atoms with Gasteiger partial charge in [-0.2, -0.15) is 0 Å². The van der Waals surface area contributed by atoms with Gasteiger partial charge in [0.2, 0.25) is 0 Å². The molecule has 0 aliphatic rings. The summed E-state index contributed by atoms with van der Waals surface area (Å²) in [5.41, 5.74) is 11.4. The number of aromatic nitrogens is 4. The first-order chi connectivity index (χ1) is 23.8. The van der Waals surface area contributed by atoms with Crippen molar-refractivity contribution >= 4 is 90.9 Å². The standard InChI is InChI=1S/C42H24N4S2/c1-2-14-28(39-40-29(23-24-43-39)27-13-5-10-20-37(27)47-40)25(11-1)26-12-3-7-17-32(26)45-33-18-8-4-15-30(33)38-35(45)21-22-36-41(38)48-42-44-31-16-6-9-19-34(31)46(36)42/h1-24H. The van der Waals surface area contributed by atoms with Gasteiger partial charge in [-0.1, -0.05) is 102 Å². The Kier molecular flexibility index (Phi) is 5.39. The largest absolute Gasteiger partial charge is 0.309 e. The molecule has 0 N–H and O–H groups in total. The minimum atomic E-state index is 1.02. The molecule has 5 aromatic heterocycles. The van der Waals surface area contributed by atoms with Crippen LogP contribution in [0, 0.1) is 0 Å². The fourth-order valence-corrected chi connectivity index (χ4v) is 10.0. The second-order valence-corrected chi connectivity index (χ2v) is 14.2. The van der Waals surface area contributed by atoms with Gasteiger partial charge in [0.1, 0.15) is 0 Å². The molecule has 0 saturated carbocycles. The lowest BCUT2D eigenvalue weighted by atomic mass is 9.95. The lowest BCUT2D eigenvalue weighted by Gasteiger charge is -2.17. The van der Waals surface area contributed by atoms with Crippen LogP contribution in [0.2, 0.25) is 0 Å². The topological polar surface area (TPSA) is 35.1 Å². The summed E-state index contributed by atoms with van der Waals surface area (Å²) >= 11 is 3.60. The van der Waals surface area contributed by atoms with Crippen molar-refractivity contribution in [2.45, 2.75) is 0 Å². The van der Waals surface area contributed by atoms with Crippen LogP contribution in [0.3, 0.4) is 0 Å². The second kappa shape index (κ2) is 9.84. The summed E-state index contributed by atoms with van der Waals surface area (Å²) in [5, 5.41) is 5.05. The van der Waals surface area contributed by atoms with Gasteiger partial charge in [-0.15, -0.1) is 11.3 Å². The zero-order valence-corrected chi connectivity index (χ0v) is 27.1. The van der Waals surface area contributed by atoms with E-state index in [1.54, 1.807) is 11.3 Å². The molecule has 0 aliphatic heterocycles. The smallest absolute Gasteiger partial charge is 0.195 e. The molecule has 11 aromatic rings. The van der Waals surface area contributed by atoms with Crippen LogP contribution in [-0.2, 0) is 0 Å². The summed E-state index contributed by atoms with van der Waals surface area (Å²) in [6.07, 6.45) is 1.96. The van der Waals surface area contributed by atoms with Crippen molar-refractivity contribution in [1.82, 2.24) is 18.9 Å². The van der Waals surface area contributed by atoms with Crippen LogP contribution in [0.5, 0.6) is 0 Å². The molecule has 0 amide bonds. The number of nitrogens with zero attached hydrogens (tertiary/aromatic N) is 4. The monoisotopic (exact) mass is 648 g/mol. The predicted octanol–water partition coefficient (Wildman–Crippen LogP) is 11.9. The molecule has 0 saturated heterocycles. The van der Waals surface area contributed by atoms with Gasteiger partial charge in [0.25, 0.3) is 0 Å². The van der Waals surface area contributed by atoms with Gasteiger partial charge in [0.15, 0.2) is 4.96 Å². The van der Waals surface area contributed by atoms with Gasteiger partial charge in [-0.3, -0.25) is 9.38 Å². The molecule has 5 heterocycles. The van der Waals surface area contributed by atoms with Crippen LogP contribution in [0.25, 0.3) is 96.3 Å². The molecule has 0 unspecified atom stereocenters. The van der Waals surface area contributed by atoms with E-state index in [9.17, 15) is 0 Å². The third-order valence-corrected chi connectivity index (χ3v) is 11.9. The molecule has 6 heteroatoms. The third-order valence-electron chi connectivity index (χ3n) is 9.65. The minimum Gasteiger partial charge on any atom is -0.309 e. The molecule has 11 rings (SSSR count). The molecule has 4 nitrogen and oxygen atoms in total. The van der Waals surface area contributed by atoms with Gasteiger partial charge in [-0.25, -0.2) is 4.98 Å². The van der Waals surface area contributed by atoms with E-state index >= 15 is 0 Å². The van der Waals surface area contributed by atoms with Crippen molar-refractivity contribution in [2.75, 3.05) is 0 Å². The molecule has 224 valence electrons. The van der Waals surface area contributed by atoms with Crippen LogP contribution in [0.4, 0.5) is 0 Å². The fraction of sp³-hybridized carbons (Fsp3) is 0. The maximum Gasteiger partial charge on any atom is 0.195 e. The molecule has 0 radical (unpaired) electrons. The van der Waals surface area contributed by atoms with Gasteiger partial charge < -0.3 is 4.57 Å². The highest BCUT2D eigenvalue weighted by Gasteiger charge is 2.22. The summed E-state index contributed by atoms with van der Waals surface area (Å²) in [5.74, 6) is 0. The Morgan fingerprint density at radius 1 is 0.479 bits per heavy atom. The number of hydrogen-bond donors (Lipinski definition) is 0. The van der Waals surface area contributed by atoms with E-state index in [0.717, 1.165) is 32.9 Å². The highest BCUT2D eigenvalue weighted by molar-refractivity contribution is 7.26. The summed E-state index contributed by atoms with van der Waals surface area (Å²) in [4.78, 5) is 11.0. The third kappa shape index (κ3) is 3.53. The normalized spacial score (nSPS) is 12.2. The number of rotatable bonds is 3. The van der Waals surface area contributed by atoms with E-state index in [1.165, 1.54) is 63.3 Å². The molecule has 0 aliphatic carbocycles. The number of imidazole rings is 1. The Hall–Kier alpha value is -5.82. The van der Waals surface area contributed by atoms with Crippen LogP contribution < -0.4 is 0 Å². The van der Waals surface area contributed by atoms with Crippen molar-refractivity contribution in [2.24, 2.45) is 0 Å². The number of benzene rings is 6. The maximum absolute atomic E-state index is 5.02. The average Bonchev–Trinajstić information content (AvgIpc) is 3.89. The summed E-state index contributed by atoms with van der Waals surface area (Å²) in [7, 11) is 0. The van der Waals surface area contributed by atoms with E-state index in [1.807, 2.05) is 17.5 Å². The lowest BCUT2D eigenvalue weighted by Crippen LogP contribution is -1.98. The Balaban J connectivity index is 1.20. The first kappa shape index (κ1) is 26.3. The number of para-hydroxylation sites is 4. The predicted molar refractivity (Wildman–Crippen MR) is 204 cm³/mol. The van der Waals surface area contributed by atoms with E-state index in [0.29, 0.717) is 0 Å². The first-order valence-electron chi connectivity index (χ1n) is 16.0. The zero-order valence-electron chi connectivity index (χ0n) is 25.5. The lowest BCUT2D eigenvalue weighted by molar-refractivity contribution is 1.18. The number of hydrogen-bond acceptors (Lipinski definition) is 4. The van der Waals surface area contributed by atoms with Gasteiger partial charge in [-0.05, 0) is 54.1 Å². The fourth-order valence-electron chi connectivity index (χ4n) is 7.62. The number of pyridine rings is 1. The highest BCUT2D eigenvalue weighted by Crippen LogP contribution is 2.45. The van der Waals surface area contributed by atoms with Crippen molar-refractivity contribution in [3.8, 4) is 28.1 Å². The number of thiophene rings is 1. The van der Waals surface area contributed by atoms with E-state index in [2.05, 4.69) is 148 Å². The van der Waals surface area contributed by atoms with Gasteiger partial charge in [0.05, 0.1) is 48.4 Å². The van der Waals surface area contributed by atoms with Crippen LogP contribution in [0.1, 0.15) is 0 Å². The van der Waals surface area contributed by atoms with Crippen LogP contribution in [0.15, 0.2) is 146 Å². The number of thiazole rings is 1. The van der Waals surface area contributed by atoms with Crippen LogP contribution in [-0.4, -0.2) is 18.9 Å². The average molecular weight is 649 g/mol. The summed E-state index contributed by atoms with van der Waals surface area (Å²) in [6, 6.07) is 50.1. The Morgan fingerprint density at radius 2 is 1.19 bits per heavy atom. The number of fused-ring (bicyclic) bond motifs is 12. The van der Waals surface area contributed by atoms with Crippen molar-refractivity contribution in [3.05, 3.63) is 146 Å². The highest BCUT2D eigenvalue weighted by atomic mass is 32.1. The molecule has 48 heavy (non-hydrogen) atoms. The van der Waals surface area contributed by atoms with Crippen molar-refractivity contribution < 1.29 is 0 Å². The Bertz CT molecular complexity index is 3080. The van der Waals surface area contributed by atoms with E-state index < -0.39 is 0 Å². The SMILES string of the molecule is c1ccc(-c2nccc3c2sc2ccccc23)c(-c2ccccc2-n2c3ccccc3c3c4sc5nc6ccccc6n5c4ccc32)c1.